The molecule has 7 nitrogen and oxygen atoms in total. The topological polar surface area (TPSA) is 79.0 Å². The van der Waals surface area contributed by atoms with E-state index in [4.69, 9.17) is 4.74 Å². The standard InChI is InChI=1S/C20H29N3O4S/c24-20(21-15-17-6-5-13-27-17)16-7-8-18(22-9-1-2-10-22)19(14-16)28(25,26)23-11-3-4-12-23/h7-8,14,17H,1-6,9-13,15H2,(H,21,24). The van der Waals surface area contributed by atoms with E-state index in [0.29, 0.717) is 25.2 Å². The maximum Gasteiger partial charge on any atom is 0.251 e. The van der Waals surface area contributed by atoms with Crippen molar-refractivity contribution in [3.8, 4) is 0 Å². The van der Waals surface area contributed by atoms with Gasteiger partial charge in [0.15, 0.2) is 0 Å². The first kappa shape index (κ1) is 19.7. The number of ether oxygens (including phenoxy) is 1. The van der Waals surface area contributed by atoms with Gasteiger partial charge in [0, 0.05) is 44.9 Å². The van der Waals surface area contributed by atoms with Crippen molar-refractivity contribution < 1.29 is 17.9 Å². The molecule has 28 heavy (non-hydrogen) atoms. The summed E-state index contributed by atoms with van der Waals surface area (Å²) in [6, 6.07) is 5.10. The van der Waals surface area contributed by atoms with E-state index in [0.717, 1.165) is 63.9 Å². The quantitative estimate of drug-likeness (QED) is 0.780. The lowest BCUT2D eigenvalue weighted by atomic mass is 10.1. The lowest BCUT2D eigenvalue weighted by Gasteiger charge is -2.24. The van der Waals surface area contributed by atoms with E-state index in [1.54, 1.807) is 22.5 Å². The number of carbonyl (C=O) groups is 1. The molecule has 0 bridgehead atoms. The molecule has 1 unspecified atom stereocenters. The molecular formula is C20H29N3O4S. The Balaban J connectivity index is 1.60. The molecule has 0 radical (unpaired) electrons. The number of sulfonamides is 1. The summed E-state index contributed by atoms with van der Waals surface area (Å²) in [5.41, 5.74) is 1.11. The summed E-state index contributed by atoms with van der Waals surface area (Å²) in [5, 5.41) is 2.89. The minimum absolute atomic E-state index is 0.0561. The highest BCUT2D eigenvalue weighted by Gasteiger charge is 2.32. The molecule has 0 aliphatic carbocycles. The zero-order valence-electron chi connectivity index (χ0n) is 16.2. The van der Waals surface area contributed by atoms with E-state index in [1.165, 1.54) is 0 Å². The summed E-state index contributed by atoms with van der Waals surface area (Å²) >= 11 is 0. The van der Waals surface area contributed by atoms with Gasteiger partial charge in [-0.05, 0) is 56.7 Å². The van der Waals surface area contributed by atoms with Crippen LogP contribution >= 0.6 is 0 Å². The van der Waals surface area contributed by atoms with Gasteiger partial charge in [-0.2, -0.15) is 4.31 Å². The molecule has 3 aliphatic heterocycles. The van der Waals surface area contributed by atoms with E-state index in [-0.39, 0.29) is 16.9 Å². The third kappa shape index (κ3) is 4.04. The predicted molar refractivity (Wildman–Crippen MR) is 107 cm³/mol. The average molecular weight is 408 g/mol. The molecule has 1 aromatic rings. The van der Waals surface area contributed by atoms with E-state index < -0.39 is 10.0 Å². The van der Waals surface area contributed by atoms with Crippen LogP contribution in [-0.4, -0.2) is 64.1 Å². The molecule has 1 atom stereocenters. The zero-order valence-corrected chi connectivity index (χ0v) is 17.0. The third-order valence-electron chi connectivity index (χ3n) is 5.87. The number of anilines is 1. The fourth-order valence-corrected chi connectivity index (χ4v) is 6.02. The molecule has 0 spiro atoms. The van der Waals surface area contributed by atoms with E-state index in [2.05, 4.69) is 10.2 Å². The fourth-order valence-electron chi connectivity index (χ4n) is 4.26. The van der Waals surface area contributed by atoms with Gasteiger partial charge >= 0.3 is 0 Å². The van der Waals surface area contributed by atoms with Crippen molar-refractivity contribution in [1.82, 2.24) is 9.62 Å². The second kappa shape index (κ2) is 8.39. The Labute approximate surface area is 167 Å². The first-order valence-corrected chi connectivity index (χ1v) is 11.8. The monoisotopic (exact) mass is 407 g/mol. The number of amides is 1. The van der Waals surface area contributed by atoms with Gasteiger partial charge < -0.3 is 15.0 Å². The smallest absolute Gasteiger partial charge is 0.251 e. The van der Waals surface area contributed by atoms with Crippen LogP contribution < -0.4 is 10.2 Å². The van der Waals surface area contributed by atoms with Crippen molar-refractivity contribution in [3.63, 3.8) is 0 Å². The molecule has 0 saturated carbocycles. The first-order chi connectivity index (χ1) is 13.6. The molecule has 1 aromatic carbocycles. The van der Waals surface area contributed by atoms with Gasteiger partial charge in [-0.25, -0.2) is 8.42 Å². The Morgan fingerprint density at radius 1 is 1.07 bits per heavy atom. The van der Waals surface area contributed by atoms with Crippen molar-refractivity contribution in [2.24, 2.45) is 0 Å². The Hall–Kier alpha value is -1.64. The summed E-state index contributed by atoms with van der Waals surface area (Å²) in [6.07, 6.45) is 5.92. The second-order valence-corrected chi connectivity index (χ2v) is 9.74. The summed E-state index contributed by atoms with van der Waals surface area (Å²) in [7, 11) is -3.61. The third-order valence-corrected chi connectivity index (χ3v) is 7.79. The number of hydrogen-bond acceptors (Lipinski definition) is 5. The Morgan fingerprint density at radius 3 is 2.46 bits per heavy atom. The lowest BCUT2D eigenvalue weighted by Crippen LogP contribution is -2.33. The Bertz CT molecular complexity index is 809. The number of carbonyl (C=O) groups excluding carboxylic acids is 1. The Kier molecular flexibility index (Phi) is 5.89. The van der Waals surface area contributed by atoms with Crippen LogP contribution in [0.4, 0.5) is 5.69 Å². The lowest BCUT2D eigenvalue weighted by molar-refractivity contribution is 0.0857. The fraction of sp³-hybridized carbons (Fsp3) is 0.650. The van der Waals surface area contributed by atoms with Crippen LogP contribution in [0.2, 0.25) is 0 Å². The summed E-state index contributed by atoms with van der Waals surface area (Å²) in [5.74, 6) is -0.249. The summed E-state index contributed by atoms with van der Waals surface area (Å²) in [4.78, 5) is 15.0. The number of benzene rings is 1. The van der Waals surface area contributed by atoms with Gasteiger partial charge in [0.05, 0.1) is 11.8 Å². The van der Waals surface area contributed by atoms with Crippen LogP contribution in [0.5, 0.6) is 0 Å². The highest BCUT2D eigenvalue weighted by Crippen LogP contribution is 2.32. The SMILES string of the molecule is O=C(NCC1CCCO1)c1ccc(N2CCCC2)c(S(=O)(=O)N2CCCC2)c1. The molecule has 3 fully saturated rings. The van der Waals surface area contributed by atoms with E-state index in [1.807, 2.05) is 0 Å². The van der Waals surface area contributed by atoms with Crippen molar-refractivity contribution in [1.29, 1.82) is 0 Å². The molecule has 3 heterocycles. The molecule has 154 valence electrons. The van der Waals surface area contributed by atoms with Gasteiger partial charge in [0.2, 0.25) is 10.0 Å². The molecule has 3 saturated heterocycles. The van der Waals surface area contributed by atoms with Crippen LogP contribution in [0.3, 0.4) is 0 Å². The molecule has 1 N–H and O–H groups in total. The Morgan fingerprint density at radius 2 is 1.79 bits per heavy atom. The van der Waals surface area contributed by atoms with Crippen molar-refractivity contribution in [2.45, 2.75) is 49.5 Å². The molecule has 1 amide bonds. The molecule has 8 heteroatoms. The maximum atomic E-state index is 13.3. The number of rotatable bonds is 6. The average Bonchev–Trinajstić information content (AvgIpc) is 3.48. The summed E-state index contributed by atoms with van der Waals surface area (Å²) in [6.45, 7) is 4.01. The second-order valence-electron chi connectivity index (χ2n) is 7.83. The first-order valence-electron chi connectivity index (χ1n) is 10.3. The van der Waals surface area contributed by atoms with E-state index >= 15 is 0 Å². The number of nitrogens with one attached hydrogen (secondary N) is 1. The van der Waals surface area contributed by atoms with Crippen LogP contribution in [0.15, 0.2) is 23.1 Å². The van der Waals surface area contributed by atoms with Gasteiger partial charge in [-0.1, -0.05) is 0 Å². The number of hydrogen-bond donors (Lipinski definition) is 1. The van der Waals surface area contributed by atoms with Gasteiger partial charge in [-0.3, -0.25) is 4.79 Å². The van der Waals surface area contributed by atoms with Crippen LogP contribution in [0.25, 0.3) is 0 Å². The minimum Gasteiger partial charge on any atom is -0.376 e. The largest absolute Gasteiger partial charge is 0.376 e. The van der Waals surface area contributed by atoms with E-state index in [9.17, 15) is 13.2 Å². The predicted octanol–water partition coefficient (Wildman–Crippen LogP) is 1.98. The molecule has 4 rings (SSSR count). The van der Waals surface area contributed by atoms with Gasteiger partial charge in [0.1, 0.15) is 4.90 Å². The molecular weight excluding hydrogens is 378 g/mol. The van der Waals surface area contributed by atoms with Crippen molar-refractivity contribution in [3.05, 3.63) is 23.8 Å². The van der Waals surface area contributed by atoms with Crippen LogP contribution in [0, 0.1) is 0 Å². The minimum atomic E-state index is -3.61. The highest BCUT2D eigenvalue weighted by atomic mass is 32.2. The molecule has 3 aliphatic rings. The number of nitrogens with zero attached hydrogens (tertiary/aromatic N) is 2. The summed E-state index contributed by atoms with van der Waals surface area (Å²) < 4.78 is 33.7. The van der Waals surface area contributed by atoms with Crippen molar-refractivity contribution in [2.75, 3.05) is 44.2 Å². The van der Waals surface area contributed by atoms with Crippen LogP contribution in [0.1, 0.15) is 48.9 Å². The van der Waals surface area contributed by atoms with Gasteiger partial charge in [0.25, 0.3) is 5.91 Å². The maximum absolute atomic E-state index is 13.3. The van der Waals surface area contributed by atoms with Gasteiger partial charge in [-0.15, -0.1) is 0 Å². The van der Waals surface area contributed by atoms with Crippen LogP contribution in [-0.2, 0) is 14.8 Å². The zero-order chi connectivity index (χ0) is 19.6. The molecule has 0 aromatic heterocycles. The van der Waals surface area contributed by atoms with Crippen molar-refractivity contribution >= 4 is 21.6 Å². The normalized spacial score (nSPS) is 23.4. The highest BCUT2D eigenvalue weighted by molar-refractivity contribution is 7.89.